The molecule has 3 nitrogen and oxygen atoms in total. The minimum absolute atomic E-state index is 0.672. The summed E-state index contributed by atoms with van der Waals surface area (Å²) in [6, 6.07) is 12.0. The van der Waals surface area contributed by atoms with Crippen LogP contribution >= 0.6 is 0 Å². The summed E-state index contributed by atoms with van der Waals surface area (Å²) in [6.45, 7) is 2.10. The molecule has 0 fully saturated rings. The maximum Gasteiger partial charge on any atom is 0.152 e. The number of carbonyl (C=O) groups excluding carboxylic acids is 1. The molecule has 0 aliphatic rings. The Labute approximate surface area is 111 Å². The van der Waals surface area contributed by atoms with E-state index in [1.165, 1.54) is 11.1 Å². The van der Waals surface area contributed by atoms with Crippen molar-refractivity contribution in [3.63, 3.8) is 0 Å². The molecule has 3 rings (SSSR count). The monoisotopic (exact) mass is 250 g/mol. The van der Waals surface area contributed by atoms with E-state index in [1.807, 2.05) is 34.9 Å². The van der Waals surface area contributed by atoms with Gasteiger partial charge in [0.25, 0.3) is 0 Å². The van der Waals surface area contributed by atoms with Gasteiger partial charge in [-0.2, -0.15) is 0 Å². The second kappa shape index (κ2) is 4.69. The topological polar surface area (TPSA) is 34.4 Å². The van der Waals surface area contributed by atoms with Crippen LogP contribution in [0.2, 0.25) is 0 Å². The highest BCUT2D eigenvalue weighted by atomic mass is 16.1. The van der Waals surface area contributed by atoms with Crippen LogP contribution in [0.4, 0.5) is 0 Å². The molecule has 19 heavy (non-hydrogen) atoms. The van der Waals surface area contributed by atoms with Crippen molar-refractivity contribution in [1.82, 2.24) is 9.38 Å². The number of aldehydes is 1. The van der Waals surface area contributed by atoms with Crippen LogP contribution in [0.25, 0.3) is 5.52 Å². The van der Waals surface area contributed by atoms with Crippen molar-refractivity contribution in [2.45, 2.75) is 13.3 Å². The Kier molecular flexibility index (Phi) is 2.88. The number of aryl methyl sites for hydroxylation is 1. The normalized spacial score (nSPS) is 10.8. The molecule has 2 heterocycles. The van der Waals surface area contributed by atoms with Crippen LogP contribution in [0, 0.1) is 6.92 Å². The van der Waals surface area contributed by atoms with Gasteiger partial charge in [0.2, 0.25) is 0 Å². The molecule has 3 heteroatoms. The molecule has 0 radical (unpaired) electrons. The molecule has 0 saturated carbocycles. The van der Waals surface area contributed by atoms with E-state index < -0.39 is 0 Å². The van der Waals surface area contributed by atoms with Crippen molar-refractivity contribution in [3.05, 3.63) is 71.3 Å². The predicted octanol–water partition coefficient (Wildman–Crippen LogP) is 3.05. The van der Waals surface area contributed by atoms with E-state index in [0.29, 0.717) is 5.56 Å². The van der Waals surface area contributed by atoms with Gasteiger partial charge in [0, 0.05) is 18.2 Å². The number of benzene rings is 1. The van der Waals surface area contributed by atoms with Crippen LogP contribution in [0.3, 0.4) is 0 Å². The number of rotatable bonds is 3. The molecular formula is C16H14N2O. The van der Waals surface area contributed by atoms with Crippen molar-refractivity contribution in [2.24, 2.45) is 0 Å². The average Bonchev–Trinajstić information content (AvgIpc) is 2.84. The summed E-state index contributed by atoms with van der Waals surface area (Å²) < 4.78 is 1.98. The number of hydrogen-bond acceptors (Lipinski definition) is 2. The van der Waals surface area contributed by atoms with Crippen LogP contribution in [0.5, 0.6) is 0 Å². The van der Waals surface area contributed by atoms with Gasteiger partial charge in [-0.15, -0.1) is 0 Å². The third-order valence-corrected chi connectivity index (χ3v) is 3.42. The number of carbonyl (C=O) groups is 1. The fraction of sp³-hybridized carbons (Fsp3) is 0.125. The SMILES string of the molecule is Cc1ccccc1Cc1ncc2c(C=O)cccn12. The summed E-state index contributed by atoms with van der Waals surface area (Å²) in [5.41, 5.74) is 4.05. The van der Waals surface area contributed by atoms with E-state index >= 15 is 0 Å². The largest absolute Gasteiger partial charge is 0.303 e. The minimum Gasteiger partial charge on any atom is -0.303 e. The lowest BCUT2D eigenvalue weighted by atomic mass is 10.1. The van der Waals surface area contributed by atoms with Gasteiger partial charge in [0.15, 0.2) is 6.29 Å². The number of nitrogens with zero attached hydrogens (tertiary/aromatic N) is 2. The average molecular weight is 250 g/mol. The summed E-state index contributed by atoms with van der Waals surface area (Å²) in [4.78, 5) is 15.4. The van der Waals surface area contributed by atoms with E-state index in [-0.39, 0.29) is 0 Å². The van der Waals surface area contributed by atoms with Gasteiger partial charge in [-0.1, -0.05) is 24.3 Å². The lowest BCUT2D eigenvalue weighted by Crippen LogP contribution is -1.98. The first-order valence-corrected chi connectivity index (χ1v) is 6.24. The molecule has 1 aromatic carbocycles. The molecule has 0 saturated heterocycles. The Bertz CT molecular complexity index is 743. The number of hydrogen-bond donors (Lipinski definition) is 0. The predicted molar refractivity (Wildman–Crippen MR) is 74.6 cm³/mol. The van der Waals surface area contributed by atoms with Crippen LogP contribution in [0.1, 0.15) is 27.3 Å². The summed E-state index contributed by atoms with van der Waals surface area (Å²) in [5.74, 6) is 0.952. The molecule has 94 valence electrons. The zero-order valence-corrected chi connectivity index (χ0v) is 10.7. The molecule has 0 aliphatic carbocycles. The lowest BCUT2D eigenvalue weighted by molar-refractivity contribution is 0.112. The Hall–Kier alpha value is -2.42. The first kappa shape index (κ1) is 11.7. The van der Waals surface area contributed by atoms with Gasteiger partial charge in [-0.25, -0.2) is 4.98 Å². The maximum atomic E-state index is 11.0. The van der Waals surface area contributed by atoms with Gasteiger partial charge < -0.3 is 4.40 Å². The minimum atomic E-state index is 0.672. The summed E-state index contributed by atoms with van der Waals surface area (Å²) in [7, 11) is 0. The highest BCUT2D eigenvalue weighted by Crippen LogP contribution is 2.16. The van der Waals surface area contributed by atoms with E-state index in [4.69, 9.17) is 0 Å². The standard InChI is InChI=1S/C16H14N2O/c1-12-5-2-3-6-13(12)9-16-17-10-15-14(11-19)7-4-8-18(15)16/h2-8,10-11H,9H2,1H3. The molecule has 3 aromatic rings. The van der Waals surface area contributed by atoms with Crippen molar-refractivity contribution in [2.75, 3.05) is 0 Å². The smallest absolute Gasteiger partial charge is 0.152 e. The summed E-state index contributed by atoms with van der Waals surface area (Å²) in [6.07, 6.45) is 5.35. The molecule has 0 unspecified atom stereocenters. The molecule has 0 atom stereocenters. The first-order valence-electron chi connectivity index (χ1n) is 6.24. The molecular weight excluding hydrogens is 236 g/mol. The zero-order chi connectivity index (χ0) is 13.2. The number of aromatic nitrogens is 2. The fourth-order valence-corrected chi connectivity index (χ4v) is 2.31. The Balaban J connectivity index is 2.07. The van der Waals surface area contributed by atoms with Gasteiger partial charge in [-0.3, -0.25) is 4.79 Å². The highest BCUT2D eigenvalue weighted by Gasteiger charge is 2.08. The van der Waals surface area contributed by atoms with E-state index in [9.17, 15) is 4.79 Å². The quantitative estimate of drug-likeness (QED) is 0.669. The molecule has 0 amide bonds. The van der Waals surface area contributed by atoms with E-state index in [0.717, 1.165) is 24.0 Å². The molecule has 0 N–H and O–H groups in total. The van der Waals surface area contributed by atoms with E-state index in [1.54, 1.807) is 6.20 Å². The van der Waals surface area contributed by atoms with Gasteiger partial charge in [0.1, 0.15) is 5.82 Å². The third-order valence-electron chi connectivity index (χ3n) is 3.42. The van der Waals surface area contributed by atoms with Crippen LogP contribution in [-0.2, 0) is 6.42 Å². The van der Waals surface area contributed by atoms with Crippen molar-refractivity contribution >= 4 is 11.8 Å². The van der Waals surface area contributed by atoms with Crippen molar-refractivity contribution in [3.8, 4) is 0 Å². The van der Waals surface area contributed by atoms with Crippen molar-refractivity contribution in [1.29, 1.82) is 0 Å². The Morgan fingerprint density at radius 2 is 2.05 bits per heavy atom. The second-order valence-corrected chi connectivity index (χ2v) is 4.61. The molecule has 2 aromatic heterocycles. The van der Waals surface area contributed by atoms with Crippen LogP contribution in [-0.4, -0.2) is 15.7 Å². The highest BCUT2D eigenvalue weighted by molar-refractivity contribution is 5.85. The van der Waals surface area contributed by atoms with Crippen LogP contribution < -0.4 is 0 Å². The van der Waals surface area contributed by atoms with E-state index in [2.05, 4.69) is 24.0 Å². The summed E-state index contributed by atoms with van der Waals surface area (Å²) >= 11 is 0. The van der Waals surface area contributed by atoms with Gasteiger partial charge in [0.05, 0.1) is 11.7 Å². The maximum absolute atomic E-state index is 11.0. The lowest BCUT2D eigenvalue weighted by Gasteiger charge is -2.05. The molecule has 0 aliphatic heterocycles. The Morgan fingerprint density at radius 3 is 2.84 bits per heavy atom. The summed E-state index contributed by atoms with van der Waals surface area (Å²) in [5, 5.41) is 0. The third kappa shape index (κ3) is 2.03. The number of pyridine rings is 1. The van der Waals surface area contributed by atoms with Gasteiger partial charge in [-0.05, 0) is 30.2 Å². The first-order chi connectivity index (χ1) is 9.29. The van der Waals surface area contributed by atoms with Crippen molar-refractivity contribution < 1.29 is 4.79 Å². The molecule has 0 spiro atoms. The van der Waals surface area contributed by atoms with Crippen LogP contribution in [0.15, 0.2) is 48.8 Å². The number of fused-ring (bicyclic) bond motifs is 1. The van der Waals surface area contributed by atoms with Gasteiger partial charge >= 0.3 is 0 Å². The Morgan fingerprint density at radius 1 is 1.21 bits per heavy atom. The fourth-order valence-electron chi connectivity index (χ4n) is 2.31. The zero-order valence-electron chi connectivity index (χ0n) is 10.7. The number of imidazole rings is 1. The second-order valence-electron chi connectivity index (χ2n) is 4.61. The molecule has 0 bridgehead atoms.